The van der Waals surface area contributed by atoms with Crippen molar-refractivity contribution in [1.29, 1.82) is 0 Å². The highest BCUT2D eigenvalue weighted by atomic mass is 16.3. The molecule has 21 heavy (non-hydrogen) atoms. The number of rotatable bonds is 5. The third-order valence-electron chi connectivity index (χ3n) is 3.81. The zero-order chi connectivity index (χ0) is 15.2. The number of aromatic hydroxyl groups is 1. The largest absolute Gasteiger partial charge is 0.506 e. The van der Waals surface area contributed by atoms with Gasteiger partial charge in [0, 0.05) is 6.54 Å². The van der Waals surface area contributed by atoms with Gasteiger partial charge < -0.3 is 20.2 Å². The third-order valence-corrected chi connectivity index (χ3v) is 3.81. The van der Waals surface area contributed by atoms with Crippen LogP contribution in [0.15, 0.2) is 24.3 Å². The number of benzene rings is 1. The van der Waals surface area contributed by atoms with Crippen LogP contribution in [-0.4, -0.2) is 50.3 Å². The number of phenolic OH excluding ortho intramolecular Hbond substituents is 1. The molecule has 1 aliphatic heterocycles. The molecular formula is C16H26N3O2+. The van der Waals surface area contributed by atoms with Crippen LogP contribution in [0.25, 0.3) is 0 Å². The van der Waals surface area contributed by atoms with E-state index in [2.05, 4.69) is 24.1 Å². The van der Waals surface area contributed by atoms with E-state index in [1.807, 2.05) is 18.2 Å². The Kier molecular flexibility index (Phi) is 5.44. The molecule has 0 unspecified atom stereocenters. The number of quaternary nitrogens is 1. The van der Waals surface area contributed by atoms with Gasteiger partial charge in [-0.3, -0.25) is 4.79 Å². The summed E-state index contributed by atoms with van der Waals surface area (Å²) in [5.41, 5.74) is 0.890. The Balaban J connectivity index is 1.78. The normalized spacial score (nSPS) is 16.2. The molecule has 0 atom stereocenters. The second-order valence-corrected chi connectivity index (χ2v) is 6.10. The SMILES string of the molecule is CC(C)CNC(=O)C[NH+]1CCN(c2ccccc2O)CC1. The number of phenols is 1. The predicted octanol–water partition coefficient (Wildman–Crippen LogP) is -0.131. The number of nitrogens with one attached hydrogen (secondary N) is 2. The Morgan fingerprint density at radius 2 is 2.00 bits per heavy atom. The molecule has 3 N–H and O–H groups in total. The van der Waals surface area contributed by atoms with Crippen LogP contribution in [-0.2, 0) is 4.79 Å². The first-order chi connectivity index (χ1) is 10.1. The van der Waals surface area contributed by atoms with Crippen molar-refractivity contribution >= 4 is 11.6 Å². The molecular weight excluding hydrogens is 266 g/mol. The highest BCUT2D eigenvalue weighted by Crippen LogP contribution is 2.25. The summed E-state index contributed by atoms with van der Waals surface area (Å²) in [6.07, 6.45) is 0. The van der Waals surface area contributed by atoms with Gasteiger partial charge in [-0.25, -0.2) is 0 Å². The molecule has 1 amide bonds. The van der Waals surface area contributed by atoms with Crippen molar-refractivity contribution in [3.63, 3.8) is 0 Å². The molecule has 0 bridgehead atoms. The molecule has 5 nitrogen and oxygen atoms in total. The van der Waals surface area contributed by atoms with Crippen molar-refractivity contribution in [1.82, 2.24) is 5.32 Å². The summed E-state index contributed by atoms with van der Waals surface area (Å²) < 4.78 is 0. The van der Waals surface area contributed by atoms with Crippen LogP contribution in [0.2, 0.25) is 0 Å². The van der Waals surface area contributed by atoms with Gasteiger partial charge in [0.1, 0.15) is 5.75 Å². The van der Waals surface area contributed by atoms with E-state index in [0.29, 0.717) is 18.2 Å². The molecule has 0 aliphatic carbocycles. The van der Waals surface area contributed by atoms with Crippen LogP contribution in [0.4, 0.5) is 5.69 Å². The zero-order valence-corrected chi connectivity index (χ0v) is 12.9. The molecule has 116 valence electrons. The minimum atomic E-state index is 0.134. The lowest BCUT2D eigenvalue weighted by atomic mass is 10.2. The molecule has 2 rings (SSSR count). The molecule has 0 saturated carbocycles. The molecule has 1 saturated heterocycles. The van der Waals surface area contributed by atoms with Crippen LogP contribution in [0, 0.1) is 5.92 Å². The van der Waals surface area contributed by atoms with E-state index in [0.717, 1.165) is 38.4 Å². The van der Waals surface area contributed by atoms with Gasteiger partial charge in [-0.15, -0.1) is 0 Å². The molecule has 1 aromatic rings. The van der Waals surface area contributed by atoms with Gasteiger partial charge in [-0.1, -0.05) is 26.0 Å². The number of carbonyl (C=O) groups is 1. The van der Waals surface area contributed by atoms with E-state index in [1.165, 1.54) is 4.90 Å². The van der Waals surface area contributed by atoms with E-state index in [9.17, 15) is 9.90 Å². The van der Waals surface area contributed by atoms with Gasteiger partial charge in [-0.05, 0) is 18.1 Å². The number of hydrogen-bond donors (Lipinski definition) is 3. The summed E-state index contributed by atoms with van der Waals surface area (Å²) in [6, 6.07) is 7.43. The van der Waals surface area contributed by atoms with Gasteiger partial charge in [0.05, 0.1) is 31.9 Å². The number of amides is 1. The summed E-state index contributed by atoms with van der Waals surface area (Å²) in [5.74, 6) is 0.951. The van der Waals surface area contributed by atoms with Crippen molar-refractivity contribution in [2.75, 3.05) is 44.2 Å². The van der Waals surface area contributed by atoms with Crippen molar-refractivity contribution in [2.45, 2.75) is 13.8 Å². The number of hydrogen-bond acceptors (Lipinski definition) is 3. The quantitative estimate of drug-likeness (QED) is 0.708. The fourth-order valence-corrected chi connectivity index (χ4v) is 2.58. The Hall–Kier alpha value is -1.75. The van der Waals surface area contributed by atoms with E-state index in [1.54, 1.807) is 6.07 Å². The van der Waals surface area contributed by atoms with Crippen molar-refractivity contribution in [3.8, 4) is 5.75 Å². The van der Waals surface area contributed by atoms with Crippen molar-refractivity contribution in [2.24, 2.45) is 5.92 Å². The van der Waals surface area contributed by atoms with Crippen LogP contribution in [0.1, 0.15) is 13.8 Å². The molecule has 1 aliphatic rings. The van der Waals surface area contributed by atoms with E-state index in [4.69, 9.17) is 0 Å². The number of para-hydroxylation sites is 2. The lowest BCUT2D eigenvalue weighted by Gasteiger charge is -2.33. The molecule has 0 spiro atoms. The van der Waals surface area contributed by atoms with Crippen LogP contribution in [0.3, 0.4) is 0 Å². The maximum atomic E-state index is 11.8. The standard InChI is InChI=1S/C16H25N3O2/c1-13(2)11-17-16(21)12-18-7-9-19(10-8-18)14-5-3-4-6-15(14)20/h3-6,13,20H,7-12H2,1-2H3,(H,17,21)/p+1. The summed E-state index contributed by atoms with van der Waals surface area (Å²) in [5, 5.41) is 12.9. The fraction of sp³-hybridized carbons (Fsp3) is 0.562. The van der Waals surface area contributed by atoms with Crippen LogP contribution in [0.5, 0.6) is 5.75 Å². The third kappa shape index (κ3) is 4.63. The van der Waals surface area contributed by atoms with Gasteiger partial charge in [0.25, 0.3) is 5.91 Å². The Bertz CT molecular complexity index is 468. The first-order valence-corrected chi connectivity index (χ1v) is 7.69. The first kappa shape index (κ1) is 15.6. The number of piperazine rings is 1. The minimum absolute atomic E-state index is 0.134. The first-order valence-electron chi connectivity index (χ1n) is 7.69. The van der Waals surface area contributed by atoms with Gasteiger partial charge in [-0.2, -0.15) is 0 Å². The lowest BCUT2D eigenvalue weighted by Crippen LogP contribution is -3.16. The maximum Gasteiger partial charge on any atom is 0.275 e. The number of nitrogens with zero attached hydrogens (tertiary/aromatic N) is 1. The maximum absolute atomic E-state index is 11.8. The number of anilines is 1. The van der Waals surface area contributed by atoms with Crippen LogP contribution < -0.4 is 15.1 Å². The highest BCUT2D eigenvalue weighted by molar-refractivity contribution is 5.76. The Morgan fingerprint density at radius 1 is 1.33 bits per heavy atom. The van der Waals surface area contributed by atoms with Gasteiger partial charge >= 0.3 is 0 Å². The monoisotopic (exact) mass is 292 g/mol. The van der Waals surface area contributed by atoms with Crippen molar-refractivity contribution < 1.29 is 14.8 Å². The topological polar surface area (TPSA) is 57.0 Å². The highest BCUT2D eigenvalue weighted by Gasteiger charge is 2.23. The predicted molar refractivity (Wildman–Crippen MR) is 83.7 cm³/mol. The lowest BCUT2D eigenvalue weighted by molar-refractivity contribution is -0.892. The molecule has 5 heteroatoms. The molecule has 1 fully saturated rings. The second kappa shape index (κ2) is 7.31. The molecule has 1 heterocycles. The minimum Gasteiger partial charge on any atom is -0.506 e. The van der Waals surface area contributed by atoms with E-state index < -0.39 is 0 Å². The van der Waals surface area contributed by atoms with Gasteiger partial charge in [0.2, 0.25) is 0 Å². The smallest absolute Gasteiger partial charge is 0.275 e. The van der Waals surface area contributed by atoms with E-state index in [-0.39, 0.29) is 5.91 Å². The molecule has 0 radical (unpaired) electrons. The average Bonchev–Trinajstić information content (AvgIpc) is 2.47. The zero-order valence-electron chi connectivity index (χ0n) is 12.9. The summed E-state index contributed by atoms with van der Waals surface area (Å²) in [4.78, 5) is 15.3. The summed E-state index contributed by atoms with van der Waals surface area (Å²) in [6.45, 7) is 9.05. The van der Waals surface area contributed by atoms with Crippen LogP contribution >= 0.6 is 0 Å². The average molecular weight is 292 g/mol. The Morgan fingerprint density at radius 3 is 2.62 bits per heavy atom. The Labute approximate surface area is 126 Å². The fourth-order valence-electron chi connectivity index (χ4n) is 2.58. The molecule has 0 aromatic heterocycles. The second-order valence-electron chi connectivity index (χ2n) is 6.10. The number of carbonyl (C=O) groups excluding carboxylic acids is 1. The van der Waals surface area contributed by atoms with Crippen molar-refractivity contribution in [3.05, 3.63) is 24.3 Å². The van der Waals surface area contributed by atoms with Gasteiger partial charge in [0.15, 0.2) is 6.54 Å². The summed E-state index contributed by atoms with van der Waals surface area (Å²) in [7, 11) is 0. The summed E-state index contributed by atoms with van der Waals surface area (Å²) >= 11 is 0. The van der Waals surface area contributed by atoms with E-state index >= 15 is 0 Å². The molecule has 1 aromatic carbocycles.